The van der Waals surface area contributed by atoms with Crippen molar-refractivity contribution in [2.75, 3.05) is 12.4 Å². The lowest BCUT2D eigenvalue weighted by molar-refractivity contribution is -0.384. The minimum atomic E-state index is -0.434. The highest BCUT2D eigenvalue weighted by atomic mass is 16.6. The molecule has 0 heterocycles. The maximum absolute atomic E-state index is 11.2. The van der Waals surface area contributed by atoms with Gasteiger partial charge in [-0.05, 0) is 46.5 Å². The summed E-state index contributed by atoms with van der Waals surface area (Å²) in [4.78, 5) is 10.7. The van der Waals surface area contributed by atoms with E-state index >= 15 is 0 Å². The number of nitro groups is 1. The van der Waals surface area contributed by atoms with Gasteiger partial charge in [-0.3, -0.25) is 10.1 Å². The fourth-order valence-electron chi connectivity index (χ4n) is 2.78. The van der Waals surface area contributed by atoms with Gasteiger partial charge in [0.25, 0.3) is 5.69 Å². The van der Waals surface area contributed by atoms with Crippen LogP contribution in [0.3, 0.4) is 0 Å². The van der Waals surface area contributed by atoms with Gasteiger partial charge < -0.3 is 15.2 Å². The molecule has 6 nitrogen and oxygen atoms in total. The number of anilines is 1. The Hall–Kier alpha value is -3.38. The van der Waals surface area contributed by atoms with Crippen LogP contribution in [0.15, 0.2) is 66.7 Å². The largest absolute Gasteiger partial charge is 0.497 e. The van der Waals surface area contributed by atoms with Gasteiger partial charge in [0.2, 0.25) is 0 Å². The van der Waals surface area contributed by atoms with Crippen molar-refractivity contribution in [2.45, 2.75) is 13.2 Å². The summed E-state index contributed by atoms with van der Waals surface area (Å²) in [7, 11) is 1.64. The fourth-order valence-corrected chi connectivity index (χ4v) is 2.78. The number of benzene rings is 3. The molecule has 0 saturated heterocycles. The molecule has 0 aliphatic carbocycles. The smallest absolute Gasteiger partial charge is 0.292 e. The average molecular weight is 364 g/mol. The average Bonchev–Trinajstić information content (AvgIpc) is 2.72. The first kappa shape index (κ1) is 18.4. The van der Waals surface area contributed by atoms with E-state index in [0.717, 1.165) is 22.4 Å². The van der Waals surface area contributed by atoms with E-state index in [0.29, 0.717) is 17.8 Å². The van der Waals surface area contributed by atoms with Crippen LogP contribution in [0.1, 0.15) is 11.1 Å². The molecule has 6 heteroatoms. The number of hydrogen-bond donors (Lipinski definition) is 2. The second-order valence-corrected chi connectivity index (χ2v) is 6.05. The van der Waals surface area contributed by atoms with Crippen molar-refractivity contribution in [1.29, 1.82) is 0 Å². The van der Waals surface area contributed by atoms with E-state index in [1.165, 1.54) is 6.07 Å². The Morgan fingerprint density at radius 2 is 1.56 bits per heavy atom. The molecule has 3 aromatic rings. The molecule has 3 aromatic carbocycles. The summed E-state index contributed by atoms with van der Waals surface area (Å²) >= 11 is 0. The molecule has 0 unspecified atom stereocenters. The van der Waals surface area contributed by atoms with E-state index < -0.39 is 4.92 Å². The van der Waals surface area contributed by atoms with Crippen LogP contribution < -0.4 is 10.1 Å². The molecule has 2 N–H and O–H groups in total. The van der Waals surface area contributed by atoms with Gasteiger partial charge in [0, 0.05) is 12.6 Å². The highest BCUT2D eigenvalue weighted by Gasteiger charge is 2.13. The predicted octanol–water partition coefficient (Wildman–Crippen LogP) is 4.37. The highest BCUT2D eigenvalue weighted by molar-refractivity contribution is 5.65. The van der Waals surface area contributed by atoms with E-state index in [9.17, 15) is 15.2 Å². The van der Waals surface area contributed by atoms with Crippen LogP contribution in [0.4, 0.5) is 11.4 Å². The molecule has 0 aliphatic rings. The minimum Gasteiger partial charge on any atom is -0.497 e. The van der Waals surface area contributed by atoms with Crippen LogP contribution in [-0.2, 0) is 13.2 Å². The first-order valence-corrected chi connectivity index (χ1v) is 8.46. The summed E-state index contributed by atoms with van der Waals surface area (Å²) in [6.45, 7) is 0.280. The first-order valence-electron chi connectivity index (χ1n) is 8.46. The van der Waals surface area contributed by atoms with Crippen LogP contribution in [0.2, 0.25) is 0 Å². The third kappa shape index (κ3) is 4.43. The van der Waals surface area contributed by atoms with Gasteiger partial charge in [-0.1, -0.05) is 36.4 Å². The van der Waals surface area contributed by atoms with Crippen molar-refractivity contribution in [1.82, 2.24) is 0 Å². The maximum atomic E-state index is 11.2. The molecule has 138 valence electrons. The van der Waals surface area contributed by atoms with Crippen molar-refractivity contribution >= 4 is 11.4 Å². The molecule has 0 aromatic heterocycles. The van der Waals surface area contributed by atoms with E-state index in [1.807, 2.05) is 48.5 Å². The molecular weight excluding hydrogens is 344 g/mol. The molecule has 0 aliphatic heterocycles. The van der Waals surface area contributed by atoms with Crippen molar-refractivity contribution in [3.8, 4) is 16.9 Å². The number of aliphatic hydroxyl groups excluding tert-OH is 1. The van der Waals surface area contributed by atoms with Gasteiger partial charge in [-0.15, -0.1) is 0 Å². The summed E-state index contributed by atoms with van der Waals surface area (Å²) in [6.07, 6.45) is 0. The van der Waals surface area contributed by atoms with Crippen LogP contribution in [0, 0.1) is 10.1 Å². The third-order valence-corrected chi connectivity index (χ3v) is 4.30. The van der Waals surface area contributed by atoms with Gasteiger partial charge in [-0.2, -0.15) is 0 Å². The van der Waals surface area contributed by atoms with Gasteiger partial charge in [0.05, 0.1) is 18.6 Å². The maximum Gasteiger partial charge on any atom is 0.292 e. The van der Waals surface area contributed by atoms with Gasteiger partial charge in [0.1, 0.15) is 11.4 Å². The minimum absolute atomic E-state index is 0.0120. The van der Waals surface area contributed by atoms with Crippen LogP contribution in [0.5, 0.6) is 5.75 Å². The molecule has 0 spiro atoms. The highest BCUT2D eigenvalue weighted by Crippen LogP contribution is 2.27. The first-order chi connectivity index (χ1) is 13.1. The lowest BCUT2D eigenvalue weighted by atomic mass is 10.0. The number of ether oxygens (including phenoxy) is 1. The molecular formula is C21H20N2O4. The monoisotopic (exact) mass is 364 g/mol. The molecule has 3 rings (SSSR count). The van der Waals surface area contributed by atoms with E-state index in [4.69, 9.17) is 4.74 Å². The van der Waals surface area contributed by atoms with Crippen molar-refractivity contribution in [2.24, 2.45) is 0 Å². The SMILES string of the molecule is COc1ccc(-c2ccc(CNc3cc(CO)ccc3[N+](=O)[O-])cc2)cc1. The Kier molecular flexibility index (Phi) is 5.68. The number of aliphatic hydroxyl groups is 1. The Bertz CT molecular complexity index is 922. The van der Waals surface area contributed by atoms with Gasteiger partial charge in [-0.25, -0.2) is 0 Å². The second-order valence-electron chi connectivity index (χ2n) is 6.05. The zero-order valence-electron chi connectivity index (χ0n) is 14.9. The number of nitrogens with zero attached hydrogens (tertiary/aromatic N) is 1. The quantitative estimate of drug-likeness (QED) is 0.480. The summed E-state index contributed by atoms with van der Waals surface area (Å²) in [6, 6.07) is 20.4. The van der Waals surface area contributed by atoms with Crippen LogP contribution in [0.25, 0.3) is 11.1 Å². The topological polar surface area (TPSA) is 84.6 Å². The molecule has 0 atom stereocenters. The van der Waals surface area contributed by atoms with Crippen molar-refractivity contribution in [3.05, 3.63) is 88.0 Å². The Labute approximate surface area is 157 Å². The number of nitrogens with one attached hydrogen (secondary N) is 1. The third-order valence-electron chi connectivity index (χ3n) is 4.30. The van der Waals surface area contributed by atoms with E-state index in [-0.39, 0.29) is 12.3 Å². The lowest BCUT2D eigenvalue weighted by Gasteiger charge is -2.10. The standard InChI is InChI=1S/C21H20N2O4/c1-27-19-9-7-18(8-10-19)17-5-2-15(3-6-17)13-22-20-12-16(14-24)4-11-21(20)23(25)26/h2-12,22,24H,13-14H2,1H3. The number of rotatable bonds is 7. The molecule has 27 heavy (non-hydrogen) atoms. The summed E-state index contributed by atoms with van der Waals surface area (Å²) < 4.78 is 5.17. The number of nitro benzene ring substituents is 1. The number of hydrogen-bond acceptors (Lipinski definition) is 5. The lowest BCUT2D eigenvalue weighted by Crippen LogP contribution is -2.03. The Balaban J connectivity index is 1.72. The molecule has 0 saturated carbocycles. The van der Waals surface area contributed by atoms with Gasteiger partial charge >= 0.3 is 0 Å². The molecule has 0 fully saturated rings. The summed E-state index contributed by atoms with van der Waals surface area (Å²) in [5.74, 6) is 0.811. The fraction of sp³-hybridized carbons (Fsp3) is 0.143. The van der Waals surface area contributed by atoms with Crippen molar-refractivity contribution in [3.63, 3.8) is 0 Å². The Morgan fingerprint density at radius 1 is 0.963 bits per heavy atom. The summed E-state index contributed by atoms with van der Waals surface area (Å²) in [5, 5.41) is 23.5. The normalized spacial score (nSPS) is 10.4. The van der Waals surface area contributed by atoms with Gasteiger partial charge in [0.15, 0.2) is 0 Å². The molecule has 0 bridgehead atoms. The zero-order valence-corrected chi connectivity index (χ0v) is 14.9. The second kappa shape index (κ2) is 8.33. The van der Waals surface area contributed by atoms with Crippen LogP contribution in [-0.4, -0.2) is 17.1 Å². The number of methoxy groups -OCH3 is 1. The molecule has 0 radical (unpaired) electrons. The predicted molar refractivity (Wildman–Crippen MR) is 105 cm³/mol. The van der Waals surface area contributed by atoms with Crippen molar-refractivity contribution < 1.29 is 14.8 Å². The zero-order chi connectivity index (χ0) is 19.2. The van der Waals surface area contributed by atoms with E-state index in [2.05, 4.69) is 5.32 Å². The Morgan fingerprint density at radius 3 is 2.11 bits per heavy atom. The van der Waals surface area contributed by atoms with Crippen LogP contribution >= 0.6 is 0 Å². The summed E-state index contributed by atoms with van der Waals surface area (Å²) in [5.41, 5.74) is 4.16. The van der Waals surface area contributed by atoms with E-state index in [1.54, 1.807) is 19.2 Å². The molecule has 0 amide bonds.